The number of nitrogens with one attached hydrogen (secondary N) is 1. The van der Waals surface area contributed by atoms with Gasteiger partial charge in [0.2, 0.25) is 5.91 Å². The molecule has 2 amide bonds. The maximum absolute atomic E-state index is 15.5. The molecule has 1 N–H and O–H groups in total. The number of benzene rings is 2. The number of thiophene rings is 1. The fourth-order valence-electron chi connectivity index (χ4n) is 7.18. The lowest BCUT2D eigenvalue weighted by atomic mass is 9.89. The van der Waals surface area contributed by atoms with Gasteiger partial charge in [0.05, 0.1) is 47.6 Å². The second kappa shape index (κ2) is 14.5. The molecule has 2 aromatic carbocycles. The highest BCUT2D eigenvalue weighted by Gasteiger charge is 2.40. The van der Waals surface area contributed by atoms with Crippen molar-refractivity contribution in [2.45, 2.75) is 82.6 Å². The van der Waals surface area contributed by atoms with E-state index in [9.17, 15) is 9.59 Å². The van der Waals surface area contributed by atoms with Gasteiger partial charge in [-0.1, -0.05) is 36.7 Å². The fourth-order valence-corrected chi connectivity index (χ4v) is 8.35. The zero-order chi connectivity index (χ0) is 31.5. The highest BCUT2D eigenvalue weighted by Crippen LogP contribution is 2.32. The molecule has 1 aromatic heterocycles. The lowest BCUT2D eigenvalue weighted by Gasteiger charge is -2.36. The first-order chi connectivity index (χ1) is 21.8. The summed E-state index contributed by atoms with van der Waals surface area (Å²) in [5, 5.41) is 5.57. The Morgan fingerprint density at radius 1 is 1.09 bits per heavy atom. The number of nitrogens with zero attached hydrogens (tertiary/aromatic N) is 2. The third-order valence-electron chi connectivity index (χ3n) is 9.91. The Kier molecular flexibility index (Phi) is 10.4. The van der Waals surface area contributed by atoms with Gasteiger partial charge in [0.15, 0.2) is 0 Å². The third kappa shape index (κ3) is 7.54. The van der Waals surface area contributed by atoms with Crippen LogP contribution in [0, 0.1) is 11.7 Å². The van der Waals surface area contributed by atoms with Crippen LogP contribution in [0.15, 0.2) is 41.8 Å². The number of amides is 2. The summed E-state index contributed by atoms with van der Waals surface area (Å²) in [6, 6.07) is 10.5. The average Bonchev–Trinajstić information content (AvgIpc) is 3.68. The van der Waals surface area contributed by atoms with Gasteiger partial charge in [-0.05, 0) is 81.2 Å². The van der Waals surface area contributed by atoms with E-state index in [1.54, 1.807) is 12.5 Å². The predicted octanol–water partition coefficient (Wildman–Crippen LogP) is 7.16. The van der Waals surface area contributed by atoms with Gasteiger partial charge < -0.3 is 19.7 Å². The molecule has 3 aliphatic rings. The Labute approximate surface area is 274 Å². The number of anilines is 1. The normalized spacial score (nSPS) is 26.0. The molecule has 0 radical (unpaired) electrons. The van der Waals surface area contributed by atoms with E-state index in [4.69, 9.17) is 21.1 Å². The largest absolute Gasteiger partial charge is 0.380 e. The van der Waals surface area contributed by atoms with Crippen LogP contribution in [0.5, 0.6) is 0 Å². The molecule has 3 aromatic rings. The lowest BCUT2D eigenvalue weighted by molar-refractivity contribution is -0.133. The number of hydrogen-bond acceptors (Lipinski definition) is 6. The fraction of sp³-hybridized carbons (Fsp3) is 0.543. The maximum atomic E-state index is 15.5. The van der Waals surface area contributed by atoms with E-state index in [-0.39, 0.29) is 58.8 Å². The number of likely N-dealkylation sites (tertiary alicyclic amines) is 2. The van der Waals surface area contributed by atoms with E-state index in [2.05, 4.69) is 17.1 Å². The molecule has 0 spiro atoms. The van der Waals surface area contributed by atoms with Crippen molar-refractivity contribution in [3.8, 4) is 0 Å². The molecule has 242 valence electrons. The van der Waals surface area contributed by atoms with Gasteiger partial charge in [-0.15, -0.1) is 11.3 Å². The minimum atomic E-state index is -0.572. The van der Waals surface area contributed by atoms with Crippen molar-refractivity contribution >= 4 is 50.5 Å². The summed E-state index contributed by atoms with van der Waals surface area (Å²) in [4.78, 5) is 31.2. The minimum Gasteiger partial charge on any atom is -0.380 e. The second-order valence-electron chi connectivity index (χ2n) is 13.0. The van der Waals surface area contributed by atoms with Crippen LogP contribution < -0.4 is 5.32 Å². The van der Waals surface area contributed by atoms with Gasteiger partial charge in [0.1, 0.15) is 5.82 Å². The molecule has 1 aliphatic carbocycles. The number of halogens is 2. The summed E-state index contributed by atoms with van der Waals surface area (Å²) >= 11 is 8.03. The molecule has 2 saturated heterocycles. The second-order valence-corrected chi connectivity index (χ2v) is 14.3. The SMILES string of the molecule is CO[C@@H]1CCCN([C@H]2C[C@@H](CO[C@H]3CC[C@H](C)CC3)N(C(=O)Cc3cc(Cl)c(NC(=O)c4csc5ccccc45)cc3F)C2)C1. The van der Waals surface area contributed by atoms with Gasteiger partial charge in [-0.3, -0.25) is 14.5 Å². The molecule has 3 heterocycles. The predicted molar refractivity (Wildman–Crippen MR) is 178 cm³/mol. The van der Waals surface area contributed by atoms with Gasteiger partial charge in [-0.25, -0.2) is 4.39 Å². The molecule has 45 heavy (non-hydrogen) atoms. The van der Waals surface area contributed by atoms with E-state index in [1.165, 1.54) is 36.3 Å². The van der Waals surface area contributed by atoms with Crippen LogP contribution in [-0.4, -0.2) is 79.3 Å². The Balaban J connectivity index is 1.14. The molecular weight excluding hydrogens is 613 g/mol. The summed E-state index contributed by atoms with van der Waals surface area (Å²) in [5.74, 6) is -0.329. The van der Waals surface area contributed by atoms with E-state index in [0.717, 1.165) is 61.2 Å². The summed E-state index contributed by atoms with van der Waals surface area (Å²) in [7, 11) is 1.76. The first-order valence-electron chi connectivity index (χ1n) is 16.2. The van der Waals surface area contributed by atoms with Crippen molar-refractivity contribution < 1.29 is 23.5 Å². The smallest absolute Gasteiger partial charge is 0.257 e. The zero-order valence-corrected chi connectivity index (χ0v) is 27.7. The Bertz CT molecular complexity index is 1510. The van der Waals surface area contributed by atoms with Crippen LogP contribution in [0.2, 0.25) is 5.02 Å². The molecule has 0 bridgehead atoms. The highest BCUT2D eigenvalue weighted by atomic mass is 35.5. The first kappa shape index (κ1) is 32.4. The first-order valence-corrected chi connectivity index (χ1v) is 17.5. The summed E-state index contributed by atoms with van der Waals surface area (Å²) in [5.41, 5.74) is 0.903. The number of fused-ring (bicyclic) bond motifs is 1. The molecule has 7 nitrogen and oxygen atoms in total. The average molecular weight is 656 g/mol. The van der Waals surface area contributed by atoms with Crippen LogP contribution in [-0.2, 0) is 20.7 Å². The van der Waals surface area contributed by atoms with E-state index >= 15 is 4.39 Å². The van der Waals surface area contributed by atoms with Gasteiger partial charge in [0, 0.05) is 41.7 Å². The third-order valence-corrected chi connectivity index (χ3v) is 11.2. The number of ether oxygens (including phenoxy) is 2. The van der Waals surface area contributed by atoms with Crippen LogP contribution in [0.25, 0.3) is 10.1 Å². The van der Waals surface area contributed by atoms with Crippen LogP contribution >= 0.6 is 22.9 Å². The van der Waals surface area contributed by atoms with Crippen molar-refractivity contribution in [1.82, 2.24) is 9.80 Å². The summed E-state index contributed by atoms with van der Waals surface area (Å²) < 4.78 is 28.5. The van der Waals surface area contributed by atoms with Crippen molar-refractivity contribution in [3.05, 3.63) is 63.7 Å². The monoisotopic (exact) mass is 655 g/mol. The van der Waals surface area contributed by atoms with E-state index in [1.807, 2.05) is 29.2 Å². The Morgan fingerprint density at radius 3 is 2.69 bits per heavy atom. The van der Waals surface area contributed by atoms with Crippen molar-refractivity contribution in [2.24, 2.45) is 5.92 Å². The van der Waals surface area contributed by atoms with E-state index in [0.29, 0.717) is 18.7 Å². The van der Waals surface area contributed by atoms with Crippen molar-refractivity contribution in [1.29, 1.82) is 0 Å². The van der Waals surface area contributed by atoms with Crippen LogP contribution in [0.4, 0.5) is 10.1 Å². The molecule has 2 aliphatic heterocycles. The molecule has 10 heteroatoms. The molecule has 1 saturated carbocycles. The summed E-state index contributed by atoms with van der Waals surface area (Å²) in [6.45, 7) is 5.22. The highest BCUT2D eigenvalue weighted by molar-refractivity contribution is 7.17. The van der Waals surface area contributed by atoms with Crippen molar-refractivity contribution in [2.75, 3.05) is 38.7 Å². The van der Waals surface area contributed by atoms with E-state index < -0.39 is 5.82 Å². The molecule has 6 rings (SSSR count). The minimum absolute atomic E-state index is 0.0673. The van der Waals surface area contributed by atoms with Gasteiger partial charge >= 0.3 is 0 Å². The number of carbonyl (C=O) groups excluding carboxylic acids is 2. The van der Waals surface area contributed by atoms with Crippen molar-refractivity contribution in [3.63, 3.8) is 0 Å². The van der Waals surface area contributed by atoms with Crippen LogP contribution in [0.3, 0.4) is 0 Å². The number of hydrogen-bond donors (Lipinski definition) is 1. The number of methoxy groups -OCH3 is 1. The molecule has 3 fully saturated rings. The standard InChI is InChI=1S/C35H43ClFN3O4S/c1-22-9-11-26(12-10-22)44-20-25-16-24(39-13-5-6-27(19-39)43-2)18-40(25)34(41)15-23-14-30(36)32(17-31(23)37)38-35(42)29-21-45-33-8-4-3-7-28(29)33/h3-4,7-8,14,17,21-22,24-27H,5-6,9-13,15-16,18-20H2,1-2H3,(H,38,42)/t22-,24-,25-,26-,27+/m0/s1. The molecular formula is C35H43ClFN3O4S. The Morgan fingerprint density at radius 2 is 1.89 bits per heavy atom. The Hall–Kier alpha value is -2.56. The zero-order valence-electron chi connectivity index (χ0n) is 26.1. The molecule has 0 unspecified atom stereocenters. The van der Waals surface area contributed by atoms with Crippen LogP contribution in [0.1, 0.15) is 67.8 Å². The topological polar surface area (TPSA) is 71.1 Å². The number of rotatable bonds is 9. The van der Waals surface area contributed by atoms with Gasteiger partial charge in [-0.2, -0.15) is 0 Å². The quantitative estimate of drug-likeness (QED) is 0.265. The lowest BCUT2D eigenvalue weighted by Crippen LogP contribution is -2.46. The number of carbonyl (C=O) groups is 2. The van der Waals surface area contributed by atoms with Gasteiger partial charge in [0.25, 0.3) is 5.91 Å². The maximum Gasteiger partial charge on any atom is 0.257 e. The number of piperidine rings is 1. The summed E-state index contributed by atoms with van der Waals surface area (Å²) in [6.07, 6.45) is 7.74. The molecule has 3 atom stereocenters.